The van der Waals surface area contributed by atoms with Crippen molar-refractivity contribution in [2.75, 3.05) is 0 Å². The number of hydrogen-bond acceptors (Lipinski definition) is 1. The molecule has 0 N–H and O–H groups in total. The van der Waals surface area contributed by atoms with Crippen LogP contribution >= 0.6 is 0 Å². The summed E-state index contributed by atoms with van der Waals surface area (Å²) < 4.78 is 6.61. The van der Waals surface area contributed by atoms with Gasteiger partial charge in [-0.15, -0.1) is 0 Å². The van der Waals surface area contributed by atoms with Gasteiger partial charge in [-0.3, -0.25) is 0 Å². The third-order valence-corrected chi connectivity index (χ3v) is 11.6. The van der Waals surface area contributed by atoms with Crippen LogP contribution in [0.5, 0.6) is 0 Å². The second-order valence-corrected chi connectivity index (χ2v) is 14.4. The third kappa shape index (κ3) is 4.19. The van der Waals surface area contributed by atoms with E-state index in [9.17, 15) is 0 Å². The normalized spacial score (nSPS) is 12.2. The lowest BCUT2D eigenvalue weighted by molar-refractivity contribution is 0.669. The molecule has 0 fully saturated rings. The fraction of sp³-hybridized carbons (Fsp3) is 0. The molecule has 0 radical (unpaired) electrons. The second-order valence-electron chi connectivity index (χ2n) is 14.4. The quantitative estimate of drug-likeness (QED) is 0.171. The monoisotopic (exact) mass is 670 g/mol. The summed E-state index contributed by atoms with van der Waals surface area (Å²) >= 11 is 0. The molecule has 0 amide bonds. The van der Waals surface area contributed by atoms with Crippen LogP contribution in [0.15, 0.2) is 186 Å². The van der Waals surface area contributed by atoms with Gasteiger partial charge in [-0.2, -0.15) is 0 Å². The number of fused-ring (bicyclic) bond motifs is 10. The van der Waals surface area contributed by atoms with Crippen LogP contribution in [-0.4, -0.2) is 0 Å². The SMILES string of the molecule is c1ccc2c(c1)-c1cccc3c(-c4ccc5cc(-c6ccc7c(c6)oc6cc(-c8cc9ccccc9c9ccccc89)ccc67)ccc5c4)ccc-2c13. The van der Waals surface area contributed by atoms with Crippen LogP contribution in [0.3, 0.4) is 0 Å². The van der Waals surface area contributed by atoms with Crippen molar-refractivity contribution >= 4 is 65.0 Å². The zero-order chi connectivity index (χ0) is 34.6. The smallest absolute Gasteiger partial charge is 0.136 e. The molecular weight excluding hydrogens is 641 g/mol. The molecule has 1 aliphatic rings. The first kappa shape index (κ1) is 28.7. The van der Waals surface area contributed by atoms with E-state index in [4.69, 9.17) is 4.42 Å². The molecule has 1 heterocycles. The van der Waals surface area contributed by atoms with Crippen molar-refractivity contribution in [1.29, 1.82) is 0 Å². The van der Waals surface area contributed by atoms with Gasteiger partial charge in [0.05, 0.1) is 0 Å². The molecule has 244 valence electrons. The lowest BCUT2D eigenvalue weighted by Gasteiger charge is -2.11. The molecule has 0 saturated carbocycles. The van der Waals surface area contributed by atoms with Crippen LogP contribution in [0, 0.1) is 0 Å². The predicted molar refractivity (Wildman–Crippen MR) is 224 cm³/mol. The molecule has 10 aromatic carbocycles. The zero-order valence-electron chi connectivity index (χ0n) is 28.7. The van der Waals surface area contributed by atoms with Crippen LogP contribution in [0.4, 0.5) is 0 Å². The molecule has 0 spiro atoms. The molecule has 0 bridgehead atoms. The van der Waals surface area contributed by atoms with Crippen LogP contribution in [0.2, 0.25) is 0 Å². The summed E-state index contributed by atoms with van der Waals surface area (Å²) in [6, 6.07) is 66.7. The van der Waals surface area contributed by atoms with Gasteiger partial charge in [-0.1, -0.05) is 140 Å². The molecule has 1 nitrogen and oxygen atoms in total. The molecular formula is C52H30O. The van der Waals surface area contributed by atoms with Crippen molar-refractivity contribution in [1.82, 2.24) is 0 Å². The van der Waals surface area contributed by atoms with E-state index >= 15 is 0 Å². The standard InChI is InChI=1S/C52H30O/c1-2-9-38-35(8-1)28-49(43-13-6-3-10-40(38)43)37-21-23-45-44-22-20-34(29-50(44)53-51(45)30-37)32-16-17-33-27-36(19-18-31(33)26-32)39-24-25-48-42-12-5-4-11-41(42)47-15-7-14-46(39)52(47)48/h1-30H. The van der Waals surface area contributed by atoms with Crippen molar-refractivity contribution < 1.29 is 4.42 Å². The fourth-order valence-electron chi connectivity index (χ4n) is 9.07. The van der Waals surface area contributed by atoms with E-state index in [1.807, 2.05) is 0 Å². The van der Waals surface area contributed by atoms with Crippen molar-refractivity contribution in [2.24, 2.45) is 0 Å². The average Bonchev–Trinajstić information content (AvgIpc) is 3.76. The summed E-state index contributed by atoms with van der Waals surface area (Å²) in [5.41, 5.74) is 14.4. The minimum atomic E-state index is 0.905. The highest BCUT2D eigenvalue weighted by atomic mass is 16.3. The molecule has 1 aromatic heterocycles. The maximum absolute atomic E-state index is 6.61. The Labute approximate surface area is 306 Å². The largest absolute Gasteiger partial charge is 0.456 e. The van der Waals surface area contributed by atoms with Crippen molar-refractivity contribution in [3.8, 4) is 55.6 Å². The van der Waals surface area contributed by atoms with E-state index in [1.54, 1.807) is 0 Å². The summed E-state index contributed by atoms with van der Waals surface area (Å²) in [6.45, 7) is 0. The number of hydrogen-bond donors (Lipinski definition) is 0. The summed E-state index contributed by atoms with van der Waals surface area (Å²) in [7, 11) is 0. The number of rotatable bonds is 3. The molecule has 11 aromatic rings. The van der Waals surface area contributed by atoms with E-state index in [1.165, 1.54) is 87.6 Å². The van der Waals surface area contributed by atoms with Crippen LogP contribution < -0.4 is 0 Å². The minimum Gasteiger partial charge on any atom is -0.456 e. The van der Waals surface area contributed by atoms with Gasteiger partial charge in [-0.05, 0) is 141 Å². The topological polar surface area (TPSA) is 13.1 Å². The van der Waals surface area contributed by atoms with Gasteiger partial charge in [0.2, 0.25) is 0 Å². The molecule has 1 aliphatic carbocycles. The Kier molecular flexibility index (Phi) is 5.84. The van der Waals surface area contributed by atoms with E-state index in [0.717, 1.165) is 33.1 Å². The Hall–Kier alpha value is -6.96. The average molecular weight is 671 g/mol. The van der Waals surface area contributed by atoms with E-state index in [0.29, 0.717) is 0 Å². The van der Waals surface area contributed by atoms with Gasteiger partial charge in [0.25, 0.3) is 0 Å². The third-order valence-electron chi connectivity index (χ3n) is 11.6. The lowest BCUT2D eigenvalue weighted by atomic mass is 9.92. The molecule has 0 saturated heterocycles. The minimum absolute atomic E-state index is 0.905. The summed E-state index contributed by atoms with van der Waals surface area (Å²) in [5, 5.41) is 12.5. The Bertz CT molecular complexity index is 3310. The zero-order valence-corrected chi connectivity index (χ0v) is 28.7. The van der Waals surface area contributed by atoms with E-state index in [-0.39, 0.29) is 0 Å². The molecule has 12 rings (SSSR count). The molecule has 0 atom stereocenters. The molecule has 1 heteroatoms. The summed E-state index contributed by atoms with van der Waals surface area (Å²) in [5.74, 6) is 0. The first-order valence-corrected chi connectivity index (χ1v) is 18.3. The highest BCUT2D eigenvalue weighted by Crippen LogP contribution is 2.49. The Balaban J connectivity index is 0.914. The van der Waals surface area contributed by atoms with Crippen molar-refractivity contribution in [3.05, 3.63) is 182 Å². The highest BCUT2D eigenvalue weighted by molar-refractivity contribution is 6.19. The maximum Gasteiger partial charge on any atom is 0.136 e. The van der Waals surface area contributed by atoms with Gasteiger partial charge < -0.3 is 4.42 Å². The van der Waals surface area contributed by atoms with Crippen LogP contribution in [0.25, 0.3) is 121 Å². The van der Waals surface area contributed by atoms with E-state index in [2.05, 4.69) is 182 Å². The van der Waals surface area contributed by atoms with Gasteiger partial charge >= 0.3 is 0 Å². The van der Waals surface area contributed by atoms with Gasteiger partial charge in [0.15, 0.2) is 0 Å². The van der Waals surface area contributed by atoms with E-state index < -0.39 is 0 Å². The van der Waals surface area contributed by atoms with Gasteiger partial charge in [0.1, 0.15) is 11.2 Å². The summed E-state index contributed by atoms with van der Waals surface area (Å²) in [4.78, 5) is 0. The summed E-state index contributed by atoms with van der Waals surface area (Å²) in [6.07, 6.45) is 0. The molecule has 0 unspecified atom stereocenters. The number of furan rings is 1. The van der Waals surface area contributed by atoms with Crippen molar-refractivity contribution in [2.45, 2.75) is 0 Å². The molecule has 0 aliphatic heterocycles. The number of benzene rings is 10. The maximum atomic E-state index is 6.61. The Morgan fingerprint density at radius 2 is 0.774 bits per heavy atom. The lowest BCUT2D eigenvalue weighted by Crippen LogP contribution is -1.85. The first-order chi connectivity index (χ1) is 26.2. The Morgan fingerprint density at radius 1 is 0.245 bits per heavy atom. The highest BCUT2D eigenvalue weighted by Gasteiger charge is 2.22. The predicted octanol–water partition coefficient (Wildman–Crippen LogP) is 14.8. The van der Waals surface area contributed by atoms with Crippen LogP contribution in [-0.2, 0) is 0 Å². The van der Waals surface area contributed by atoms with Crippen molar-refractivity contribution in [3.63, 3.8) is 0 Å². The van der Waals surface area contributed by atoms with Gasteiger partial charge in [-0.25, -0.2) is 0 Å². The Morgan fingerprint density at radius 3 is 1.58 bits per heavy atom. The van der Waals surface area contributed by atoms with Crippen LogP contribution in [0.1, 0.15) is 0 Å². The molecule has 53 heavy (non-hydrogen) atoms. The second kappa shape index (κ2) is 10.8. The fourth-order valence-corrected chi connectivity index (χ4v) is 9.07. The van der Waals surface area contributed by atoms with Gasteiger partial charge in [0, 0.05) is 10.8 Å². The first-order valence-electron chi connectivity index (χ1n) is 18.3.